The van der Waals surface area contributed by atoms with E-state index in [0.717, 1.165) is 11.1 Å². The molecule has 0 spiro atoms. The van der Waals surface area contributed by atoms with E-state index in [1.165, 1.54) is 0 Å². The standard InChI is InChI=1S/C24H18O4/c1-15-12-13-20-19(14-15)21(25)23(22(27-20)17-9-4-3-5-10-17)28-24(26)18-11-7-6-8-16(18)2/h3-14H,1-2H3. The van der Waals surface area contributed by atoms with E-state index >= 15 is 0 Å². The van der Waals surface area contributed by atoms with Crippen molar-refractivity contribution in [2.45, 2.75) is 13.8 Å². The summed E-state index contributed by atoms with van der Waals surface area (Å²) in [5, 5.41) is 0.382. The van der Waals surface area contributed by atoms with Crippen LogP contribution in [0, 0.1) is 13.8 Å². The van der Waals surface area contributed by atoms with Crippen LogP contribution >= 0.6 is 0 Å². The van der Waals surface area contributed by atoms with E-state index in [2.05, 4.69) is 0 Å². The van der Waals surface area contributed by atoms with E-state index < -0.39 is 5.97 Å². The summed E-state index contributed by atoms with van der Waals surface area (Å²) in [7, 11) is 0. The van der Waals surface area contributed by atoms with Gasteiger partial charge in [-0.2, -0.15) is 0 Å². The van der Waals surface area contributed by atoms with Gasteiger partial charge < -0.3 is 9.15 Å². The zero-order valence-electron chi connectivity index (χ0n) is 15.6. The Morgan fingerprint density at radius 1 is 0.893 bits per heavy atom. The summed E-state index contributed by atoms with van der Waals surface area (Å²) < 4.78 is 11.6. The van der Waals surface area contributed by atoms with Crippen molar-refractivity contribution in [2.75, 3.05) is 0 Å². The number of aryl methyl sites for hydroxylation is 2. The lowest BCUT2D eigenvalue weighted by atomic mass is 10.1. The summed E-state index contributed by atoms with van der Waals surface area (Å²) in [6, 6.07) is 21.6. The topological polar surface area (TPSA) is 56.5 Å². The molecule has 0 saturated carbocycles. The van der Waals surface area contributed by atoms with Crippen LogP contribution < -0.4 is 10.2 Å². The zero-order valence-corrected chi connectivity index (χ0v) is 15.6. The lowest BCUT2D eigenvalue weighted by Gasteiger charge is -2.11. The Morgan fingerprint density at radius 3 is 2.36 bits per heavy atom. The highest BCUT2D eigenvalue weighted by Gasteiger charge is 2.22. The number of hydrogen-bond acceptors (Lipinski definition) is 4. The Kier molecular flexibility index (Phi) is 4.53. The van der Waals surface area contributed by atoms with Crippen LogP contribution in [0.15, 0.2) is 82.0 Å². The summed E-state index contributed by atoms with van der Waals surface area (Å²) >= 11 is 0. The van der Waals surface area contributed by atoms with Crippen LogP contribution in [0.4, 0.5) is 0 Å². The Morgan fingerprint density at radius 2 is 1.61 bits per heavy atom. The highest BCUT2D eigenvalue weighted by atomic mass is 16.5. The molecule has 0 fully saturated rings. The van der Waals surface area contributed by atoms with Gasteiger partial charge in [0.25, 0.3) is 0 Å². The van der Waals surface area contributed by atoms with Crippen LogP contribution in [0.25, 0.3) is 22.3 Å². The Balaban J connectivity index is 1.92. The quantitative estimate of drug-likeness (QED) is 0.460. The third-order valence-electron chi connectivity index (χ3n) is 4.60. The molecule has 1 aromatic heterocycles. The van der Waals surface area contributed by atoms with Gasteiger partial charge in [-0.1, -0.05) is 60.2 Å². The van der Waals surface area contributed by atoms with Crippen molar-refractivity contribution >= 4 is 16.9 Å². The molecule has 0 N–H and O–H groups in total. The molecule has 4 aromatic rings. The van der Waals surface area contributed by atoms with E-state index in [0.29, 0.717) is 22.1 Å². The fourth-order valence-corrected chi connectivity index (χ4v) is 3.11. The van der Waals surface area contributed by atoms with Gasteiger partial charge in [0.1, 0.15) is 5.58 Å². The highest BCUT2D eigenvalue weighted by Crippen LogP contribution is 2.31. The highest BCUT2D eigenvalue weighted by molar-refractivity contribution is 5.94. The molecular weight excluding hydrogens is 352 g/mol. The van der Waals surface area contributed by atoms with Crippen LogP contribution in [-0.2, 0) is 0 Å². The van der Waals surface area contributed by atoms with Crippen LogP contribution in [0.5, 0.6) is 5.75 Å². The predicted molar refractivity (Wildman–Crippen MR) is 109 cm³/mol. The molecule has 1 heterocycles. The van der Waals surface area contributed by atoms with Gasteiger partial charge in [0.05, 0.1) is 10.9 Å². The maximum absolute atomic E-state index is 13.2. The lowest BCUT2D eigenvalue weighted by Crippen LogP contribution is -2.17. The van der Waals surface area contributed by atoms with Crippen LogP contribution in [0.1, 0.15) is 21.5 Å². The van der Waals surface area contributed by atoms with Gasteiger partial charge in [-0.25, -0.2) is 4.79 Å². The second kappa shape index (κ2) is 7.16. The summed E-state index contributed by atoms with van der Waals surface area (Å²) in [6.45, 7) is 3.71. The molecule has 138 valence electrons. The molecule has 28 heavy (non-hydrogen) atoms. The third-order valence-corrected chi connectivity index (χ3v) is 4.60. The van der Waals surface area contributed by atoms with Gasteiger partial charge in [-0.15, -0.1) is 0 Å². The number of esters is 1. The number of ether oxygens (including phenoxy) is 1. The minimum atomic E-state index is -0.588. The van der Waals surface area contributed by atoms with Crippen molar-refractivity contribution in [3.8, 4) is 17.1 Å². The number of carbonyl (C=O) groups is 1. The van der Waals surface area contributed by atoms with E-state index in [1.807, 2.05) is 62.4 Å². The van der Waals surface area contributed by atoms with Gasteiger partial charge in [0.15, 0.2) is 5.76 Å². The SMILES string of the molecule is Cc1ccc2oc(-c3ccccc3)c(OC(=O)c3ccccc3C)c(=O)c2c1. The predicted octanol–water partition coefficient (Wildman–Crippen LogP) is 5.30. The van der Waals surface area contributed by atoms with Crippen molar-refractivity contribution in [1.82, 2.24) is 0 Å². The molecule has 0 bridgehead atoms. The minimum Gasteiger partial charge on any atom is -0.452 e. The fraction of sp³-hybridized carbons (Fsp3) is 0.0833. The number of hydrogen-bond donors (Lipinski definition) is 0. The fourth-order valence-electron chi connectivity index (χ4n) is 3.11. The van der Waals surface area contributed by atoms with Crippen molar-refractivity contribution in [3.63, 3.8) is 0 Å². The van der Waals surface area contributed by atoms with Crippen LogP contribution in [0.2, 0.25) is 0 Å². The second-order valence-corrected chi connectivity index (χ2v) is 6.66. The number of carbonyl (C=O) groups excluding carboxylic acids is 1. The molecule has 4 rings (SSSR count). The molecule has 0 amide bonds. The van der Waals surface area contributed by atoms with Crippen molar-refractivity contribution in [1.29, 1.82) is 0 Å². The van der Waals surface area contributed by atoms with Gasteiger partial charge in [-0.05, 0) is 37.6 Å². The van der Waals surface area contributed by atoms with Crippen molar-refractivity contribution in [3.05, 3.63) is 99.7 Å². The second-order valence-electron chi connectivity index (χ2n) is 6.66. The Hall–Kier alpha value is -3.66. The molecule has 4 nitrogen and oxygen atoms in total. The number of fused-ring (bicyclic) bond motifs is 1. The van der Waals surface area contributed by atoms with E-state index in [9.17, 15) is 9.59 Å². The van der Waals surface area contributed by atoms with Gasteiger partial charge in [-0.3, -0.25) is 4.79 Å². The maximum Gasteiger partial charge on any atom is 0.344 e. The summed E-state index contributed by atoms with van der Waals surface area (Å²) in [4.78, 5) is 26.0. The minimum absolute atomic E-state index is 0.0995. The van der Waals surface area contributed by atoms with Gasteiger partial charge in [0, 0.05) is 5.56 Å². The summed E-state index contributed by atoms with van der Waals surface area (Å²) in [6.07, 6.45) is 0. The lowest BCUT2D eigenvalue weighted by molar-refractivity contribution is 0.0730. The maximum atomic E-state index is 13.2. The van der Waals surface area contributed by atoms with Gasteiger partial charge in [0.2, 0.25) is 11.2 Å². The smallest absolute Gasteiger partial charge is 0.344 e. The molecule has 0 radical (unpaired) electrons. The largest absolute Gasteiger partial charge is 0.452 e. The number of rotatable bonds is 3. The molecule has 0 aliphatic rings. The molecule has 0 atom stereocenters. The average Bonchev–Trinajstić information content (AvgIpc) is 2.71. The molecule has 0 saturated heterocycles. The first kappa shape index (κ1) is 17.7. The van der Waals surface area contributed by atoms with Crippen LogP contribution in [-0.4, -0.2) is 5.97 Å². The molecular formula is C24H18O4. The molecule has 3 aromatic carbocycles. The monoisotopic (exact) mass is 370 g/mol. The van der Waals surface area contributed by atoms with Gasteiger partial charge >= 0.3 is 5.97 Å². The first-order chi connectivity index (χ1) is 13.5. The molecule has 4 heteroatoms. The van der Waals surface area contributed by atoms with E-state index in [1.54, 1.807) is 24.3 Å². The average molecular weight is 370 g/mol. The van der Waals surface area contributed by atoms with E-state index in [4.69, 9.17) is 9.15 Å². The summed E-state index contributed by atoms with van der Waals surface area (Å²) in [5.41, 5.74) is 2.84. The third kappa shape index (κ3) is 3.21. The van der Waals surface area contributed by atoms with Crippen molar-refractivity contribution in [2.24, 2.45) is 0 Å². The number of benzene rings is 3. The molecule has 0 aliphatic heterocycles. The molecule has 0 unspecified atom stereocenters. The Labute approximate surface area is 162 Å². The first-order valence-corrected chi connectivity index (χ1v) is 8.95. The first-order valence-electron chi connectivity index (χ1n) is 8.95. The normalized spacial score (nSPS) is 10.8. The summed E-state index contributed by atoms with van der Waals surface area (Å²) in [5.74, 6) is -0.448. The molecule has 0 aliphatic carbocycles. The van der Waals surface area contributed by atoms with Crippen LogP contribution in [0.3, 0.4) is 0 Å². The Bertz CT molecular complexity index is 1240. The zero-order chi connectivity index (χ0) is 19.7. The van der Waals surface area contributed by atoms with Crippen molar-refractivity contribution < 1.29 is 13.9 Å². The van der Waals surface area contributed by atoms with E-state index in [-0.39, 0.29) is 16.9 Å².